The third kappa shape index (κ3) is 2.27. The number of carboxylic acid groups (broad SMARTS) is 1. The predicted octanol–water partition coefficient (Wildman–Crippen LogP) is 2.62. The van der Waals surface area contributed by atoms with Gasteiger partial charge < -0.3 is 9.84 Å². The molecule has 1 aromatic carbocycles. The summed E-state index contributed by atoms with van der Waals surface area (Å²) in [5.41, 5.74) is 3.94. The third-order valence-corrected chi connectivity index (χ3v) is 2.95. The van der Waals surface area contributed by atoms with Crippen LogP contribution in [0.2, 0.25) is 0 Å². The summed E-state index contributed by atoms with van der Waals surface area (Å²) in [5, 5.41) is 9.53. The van der Waals surface area contributed by atoms with Gasteiger partial charge in [-0.25, -0.2) is 4.79 Å². The van der Waals surface area contributed by atoms with Crippen molar-refractivity contribution in [1.29, 1.82) is 0 Å². The highest BCUT2D eigenvalue weighted by molar-refractivity contribution is 5.88. The van der Waals surface area contributed by atoms with Gasteiger partial charge in [-0.2, -0.15) is 0 Å². The monoisotopic (exact) mass is 245 g/mol. The number of benzene rings is 1. The molecule has 4 heteroatoms. The van der Waals surface area contributed by atoms with Gasteiger partial charge in [0.25, 0.3) is 0 Å². The normalized spacial score (nSPS) is 10.6. The van der Waals surface area contributed by atoms with Gasteiger partial charge in [0.05, 0.1) is 5.52 Å². The number of aryl methyl sites for hydroxylation is 3. The summed E-state index contributed by atoms with van der Waals surface area (Å²) in [6, 6.07) is 5.67. The summed E-state index contributed by atoms with van der Waals surface area (Å²) in [4.78, 5) is 15.1. The third-order valence-electron chi connectivity index (χ3n) is 2.95. The molecule has 94 valence electrons. The number of hydrogen-bond acceptors (Lipinski definition) is 3. The van der Waals surface area contributed by atoms with E-state index in [1.54, 1.807) is 6.07 Å². The molecule has 0 aliphatic carbocycles. The van der Waals surface area contributed by atoms with E-state index in [0.717, 1.165) is 27.7 Å². The van der Waals surface area contributed by atoms with E-state index in [0.29, 0.717) is 5.75 Å². The first-order valence-electron chi connectivity index (χ1n) is 5.71. The van der Waals surface area contributed by atoms with Crippen molar-refractivity contribution in [3.05, 3.63) is 35.0 Å². The number of hydrogen-bond donors (Lipinski definition) is 1. The minimum absolute atomic E-state index is 0.342. The lowest BCUT2D eigenvalue weighted by Crippen LogP contribution is -2.10. The van der Waals surface area contributed by atoms with Gasteiger partial charge in [0, 0.05) is 17.1 Å². The molecule has 0 amide bonds. The van der Waals surface area contributed by atoms with Crippen molar-refractivity contribution in [1.82, 2.24) is 4.98 Å². The Labute approximate surface area is 105 Å². The lowest BCUT2D eigenvalue weighted by Gasteiger charge is -2.11. The molecule has 2 rings (SSSR count). The second kappa shape index (κ2) is 4.64. The largest absolute Gasteiger partial charge is 0.481 e. The van der Waals surface area contributed by atoms with E-state index in [9.17, 15) is 4.79 Å². The molecule has 0 saturated carbocycles. The average molecular weight is 245 g/mol. The Morgan fingerprint density at radius 1 is 1.33 bits per heavy atom. The zero-order valence-corrected chi connectivity index (χ0v) is 10.7. The molecule has 1 aromatic heterocycles. The van der Waals surface area contributed by atoms with Gasteiger partial charge in [0.15, 0.2) is 6.61 Å². The second-order valence-corrected chi connectivity index (χ2v) is 4.35. The Kier molecular flexibility index (Phi) is 3.19. The van der Waals surface area contributed by atoms with Crippen LogP contribution in [0.1, 0.15) is 16.8 Å². The topological polar surface area (TPSA) is 59.4 Å². The molecule has 0 aliphatic rings. The minimum atomic E-state index is -0.985. The van der Waals surface area contributed by atoms with Crippen molar-refractivity contribution < 1.29 is 14.6 Å². The van der Waals surface area contributed by atoms with Crippen LogP contribution in [0.5, 0.6) is 5.75 Å². The first-order valence-corrected chi connectivity index (χ1v) is 5.71. The molecule has 0 radical (unpaired) electrons. The number of carboxylic acids is 1. The predicted molar refractivity (Wildman–Crippen MR) is 69.1 cm³/mol. The van der Waals surface area contributed by atoms with Crippen molar-refractivity contribution in [2.24, 2.45) is 0 Å². The van der Waals surface area contributed by atoms with Crippen LogP contribution in [-0.4, -0.2) is 22.7 Å². The van der Waals surface area contributed by atoms with Crippen LogP contribution >= 0.6 is 0 Å². The number of carbonyl (C=O) groups is 1. The quantitative estimate of drug-likeness (QED) is 0.903. The van der Waals surface area contributed by atoms with Crippen LogP contribution in [0, 0.1) is 20.8 Å². The number of pyridine rings is 1. The van der Waals surface area contributed by atoms with Gasteiger partial charge in [0.1, 0.15) is 5.75 Å². The van der Waals surface area contributed by atoms with Crippen molar-refractivity contribution in [3.8, 4) is 5.75 Å². The molecule has 4 nitrogen and oxygen atoms in total. The van der Waals surface area contributed by atoms with Gasteiger partial charge in [0.2, 0.25) is 0 Å². The molecule has 0 bridgehead atoms. The molecule has 0 unspecified atom stereocenters. The zero-order chi connectivity index (χ0) is 13.3. The summed E-state index contributed by atoms with van der Waals surface area (Å²) in [5.74, 6) is -0.413. The summed E-state index contributed by atoms with van der Waals surface area (Å²) in [6.07, 6.45) is 0. The standard InChI is InChI=1S/C14H15NO3/c1-8-4-5-11-12(18-7-13(16)17)6-9(2)15-14(11)10(8)3/h4-6H,7H2,1-3H3,(H,16,17). The molecule has 0 aliphatic heterocycles. The van der Waals surface area contributed by atoms with Crippen molar-refractivity contribution in [2.45, 2.75) is 20.8 Å². The zero-order valence-electron chi connectivity index (χ0n) is 10.7. The number of aromatic nitrogens is 1. The Balaban J connectivity index is 2.59. The number of ether oxygens (including phenoxy) is 1. The Hall–Kier alpha value is -2.10. The molecule has 0 spiro atoms. The maximum atomic E-state index is 10.6. The lowest BCUT2D eigenvalue weighted by atomic mass is 10.0. The van der Waals surface area contributed by atoms with Crippen LogP contribution in [0.3, 0.4) is 0 Å². The maximum Gasteiger partial charge on any atom is 0.341 e. The molecule has 1 N–H and O–H groups in total. The highest BCUT2D eigenvalue weighted by Crippen LogP contribution is 2.28. The van der Waals surface area contributed by atoms with Gasteiger partial charge >= 0.3 is 5.97 Å². The van der Waals surface area contributed by atoms with E-state index in [4.69, 9.17) is 9.84 Å². The van der Waals surface area contributed by atoms with Crippen molar-refractivity contribution >= 4 is 16.9 Å². The number of rotatable bonds is 3. The molecule has 0 fully saturated rings. The SMILES string of the molecule is Cc1cc(OCC(=O)O)c2ccc(C)c(C)c2n1. The number of fused-ring (bicyclic) bond motifs is 1. The second-order valence-electron chi connectivity index (χ2n) is 4.35. The van der Waals surface area contributed by atoms with Crippen LogP contribution in [0.15, 0.2) is 18.2 Å². The Morgan fingerprint density at radius 3 is 2.72 bits per heavy atom. The van der Waals surface area contributed by atoms with E-state index in [1.807, 2.05) is 32.9 Å². The fraction of sp³-hybridized carbons (Fsp3) is 0.286. The Morgan fingerprint density at radius 2 is 2.06 bits per heavy atom. The van der Waals surface area contributed by atoms with Gasteiger partial charge in [-0.3, -0.25) is 4.98 Å². The summed E-state index contributed by atoms with van der Waals surface area (Å²) in [7, 11) is 0. The maximum absolute atomic E-state index is 10.6. The van der Waals surface area contributed by atoms with Crippen LogP contribution in [0.4, 0.5) is 0 Å². The van der Waals surface area contributed by atoms with Crippen LogP contribution < -0.4 is 4.74 Å². The number of nitrogens with zero attached hydrogens (tertiary/aromatic N) is 1. The van der Waals surface area contributed by atoms with E-state index in [1.165, 1.54) is 0 Å². The fourth-order valence-electron chi connectivity index (χ4n) is 1.88. The van der Waals surface area contributed by atoms with Gasteiger partial charge in [-0.05, 0) is 38.0 Å². The highest BCUT2D eigenvalue weighted by Gasteiger charge is 2.10. The molecule has 1 heterocycles. The van der Waals surface area contributed by atoms with Gasteiger partial charge in [-0.1, -0.05) is 6.07 Å². The summed E-state index contributed by atoms with van der Waals surface area (Å²) >= 11 is 0. The molecule has 0 atom stereocenters. The summed E-state index contributed by atoms with van der Waals surface area (Å²) in [6.45, 7) is 5.56. The molecule has 2 aromatic rings. The van der Waals surface area contributed by atoms with E-state index < -0.39 is 5.97 Å². The minimum Gasteiger partial charge on any atom is -0.481 e. The molecule has 18 heavy (non-hydrogen) atoms. The lowest BCUT2D eigenvalue weighted by molar-refractivity contribution is -0.139. The molecular formula is C14H15NO3. The fourth-order valence-corrected chi connectivity index (χ4v) is 1.88. The van der Waals surface area contributed by atoms with Gasteiger partial charge in [-0.15, -0.1) is 0 Å². The smallest absolute Gasteiger partial charge is 0.341 e. The highest BCUT2D eigenvalue weighted by atomic mass is 16.5. The van der Waals surface area contributed by atoms with E-state index >= 15 is 0 Å². The van der Waals surface area contributed by atoms with Crippen molar-refractivity contribution in [2.75, 3.05) is 6.61 Å². The first kappa shape index (κ1) is 12.4. The van der Waals surface area contributed by atoms with Crippen LogP contribution in [-0.2, 0) is 4.79 Å². The average Bonchev–Trinajstić information content (AvgIpc) is 2.31. The Bertz CT molecular complexity index is 620. The van der Waals surface area contributed by atoms with Crippen molar-refractivity contribution in [3.63, 3.8) is 0 Å². The number of aliphatic carboxylic acids is 1. The summed E-state index contributed by atoms with van der Waals surface area (Å²) < 4.78 is 5.32. The van der Waals surface area contributed by atoms with Crippen LogP contribution in [0.25, 0.3) is 10.9 Å². The van der Waals surface area contributed by atoms with E-state index in [2.05, 4.69) is 4.98 Å². The molecule has 0 saturated heterocycles. The first-order chi connectivity index (χ1) is 8.49. The molecular weight excluding hydrogens is 230 g/mol. The van der Waals surface area contributed by atoms with E-state index in [-0.39, 0.29) is 6.61 Å².